The highest BCUT2D eigenvalue weighted by atomic mass is 16.1. The summed E-state index contributed by atoms with van der Waals surface area (Å²) in [6, 6.07) is 14.4. The zero-order valence-electron chi connectivity index (χ0n) is 13.9. The Hall–Kier alpha value is -2.42. The number of carbonyl (C=O) groups excluding carboxylic acids is 1. The Morgan fingerprint density at radius 3 is 2.58 bits per heavy atom. The molecule has 0 saturated heterocycles. The number of aromatic nitrogens is 1. The van der Waals surface area contributed by atoms with Crippen molar-refractivity contribution in [1.82, 2.24) is 10.3 Å². The van der Waals surface area contributed by atoms with Gasteiger partial charge in [-0.25, -0.2) is 0 Å². The topological polar surface area (TPSA) is 42.0 Å². The van der Waals surface area contributed by atoms with Gasteiger partial charge in [-0.3, -0.25) is 9.78 Å². The lowest BCUT2D eigenvalue weighted by molar-refractivity contribution is -0.116. The Kier molecular flexibility index (Phi) is 5.42. The van der Waals surface area contributed by atoms with Crippen molar-refractivity contribution in [3.05, 3.63) is 72.1 Å². The predicted molar refractivity (Wildman–Crippen MR) is 97.5 cm³/mol. The maximum atomic E-state index is 12.2. The van der Waals surface area contributed by atoms with Crippen LogP contribution in [0.1, 0.15) is 43.2 Å². The number of carbonyl (C=O) groups is 1. The number of nitrogens with zero attached hydrogens (tertiary/aromatic N) is 1. The summed E-state index contributed by atoms with van der Waals surface area (Å²) >= 11 is 0. The fraction of sp³-hybridized carbons (Fsp3) is 0.333. The van der Waals surface area contributed by atoms with Gasteiger partial charge < -0.3 is 5.32 Å². The first-order chi connectivity index (χ1) is 11.8. The van der Waals surface area contributed by atoms with E-state index in [0.29, 0.717) is 6.54 Å². The SMILES string of the molecule is O=C(/C=C\c1cccnc1)NCC1(c2ccccc2)CCCCC1. The van der Waals surface area contributed by atoms with Crippen LogP contribution in [0.3, 0.4) is 0 Å². The maximum Gasteiger partial charge on any atom is 0.244 e. The molecule has 1 aromatic heterocycles. The van der Waals surface area contributed by atoms with Gasteiger partial charge in [-0.15, -0.1) is 0 Å². The van der Waals surface area contributed by atoms with E-state index in [1.54, 1.807) is 24.5 Å². The van der Waals surface area contributed by atoms with Crippen LogP contribution in [0.4, 0.5) is 0 Å². The average Bonchev–Trinajstić information content (AvgIpc) is 2.67. The minimum absolute atomic E-state index is 0.0419. The highest BCUT2D eigenvalue weighted by Gasteiger charge is 2.33. The molecule has 1 fully saturated rings. The second-order valence-electron chi connectivity index (χ2n) is 6.54. The van der Waals surface area contributed by atoms with Crippen molar-refractivity contribution in [2.24, 2.45) is 0 Å². The molecule has 0 radical (unpaired) electrons. The third-order valence-corrected chi connectivity index (χ3v) is 4.91. The van der Waals surface area contributed by atoms with Gasteiger partial charge in [0.15, 0.2) is 0 Å². The summed E-state index contributed by atoms with van der Waals surface area (Å²) in [7, 11) is 0. The lowest BCUT2D eigenvalue weighted by atomic mass is 9.69. The van der Waals surface area contributed by atoms with Crippen molar-refractivity contribution in [3.63, 3.8) is 0 Å². The highest BCUT2D eigenvalue weighted by molar-refractivity contribution is 5.91. The van der Waals surface area contributed by atoms with Crippen molar-refractivity contribution in [3.8, 4) is 0 Å². The molecule has 124 valence electrons. The molecule has 1 N–H and O–H groups in total. The molecular formula is C21H24N2O. The fourth-order valence-corrected chi connectivity index (χ4v) is 3.55. The summed E-state index contributed by atoms with van der Waals surface area (Å²) in [6.45, 7) is 0.702. The van der Waals surface area contributed by atoms with Crippen molar-refractivity contribution in [2.45, 2.75) is 37.5 Å². The molecule has 1 aliphatic carbocycles. The van der Waals surface area contributed by atoms with Gasteiger partial charge in [0.1, 0.15) is 0 Å². The molecule has 0 unspecified atom stereocenters. The van der Waals surface area contributed by atoms with E-state index in [0.717, 1.165) is 18.4 Å². The molecule has 1 heterocycles. The van der Waals surface area contributed by atoms with Gasteiger partial charge in [0, 0.05) is 30.4 Å². The molecule has 1 saturated carbocycles. The summed E-state index contributed by atoms with van der Waals surface area (Å²) in [4.78, 5) is 16.3. The first-order valence-corrected chi connectivity index (χ1v) is 8.70. The minimum Gasteiger partial charge on any atom is -0.352 e. The second-order valence-corrected chi connectivity index (χ2v) is 6.54. The Balaban J connectivity index is 1.66. The van der Waals surface area contributed by atoms with Gasteiger partial charge in [-0.05, 0) is 36.1 Å². The van der Waals surface area contributed by atoms with E-state index >= 15 is 0 Å². The highest BCUT2D eigenvalue weighted by Crippen LogP contribution is 2.38. The second kappa shape index (κ2) is 7.91. The molecule has 24 heavy (non-hydrogen) atoms. The largest absolute Gasteiger partial charge is 0.352 e. The van der Waals surface area contributed by atoms with Gasteiger partial charge in [0.05, 0.1) is 0 Å². The Morgan fingerprint density at radius 1 is 1.08 bits per heavy atom. The van der Waals surface area contributed by atoms with Crippen LogP contribution in [0.25, 0.3) is 6.08 Å². The summed E-state index contributed by atoms with van der Waals surface area (Å²) in [5, 5.41) is 3.12. The zero-order valence-corrected chi connectivity index (χ0v) is 13.9. The lowest BCUT2D eigenvalue weighted by Crippen LogP contribution is -2.41. The van der Waals surface area contributed by atoms with E-state index in [2.05, 4.69) is 40.6 Å². The minimum atomic E-state index is -0.0419. The molecule has 3 nitrogen and oxygen atoms in total. The molecule has 0 aliphatic heterocycles. The lowest BCUT2D eigenvalue weighted by Gasteiger charge is -2.38. The van der Waals surface area contributed by atoms with Gasteiger partial charge in [-0.1, -0.05) is 55.7 Å². The summed E-state index contributed by atoms with van der Waals surface area (Å²) in [5.41, 5.74) is 2.36. The van der Waals surface area contributed by atoms with Crippen LogP contribution in [0.2, 0.25) is 0 Å². The first kappa shape index (κ1) is 16.4. The Morgan fingerprint density at radius 2 is 1.88 bits per heavy atom. The molecule has 0 bridgehead atoms. The monoisotopic (exact) mass is 320 g/mol. The van der Waals surface area contributed by atoms with E-state index < -0.39 is 0 Å². The Labute approximate surface area is 143 Å². The van der Waals surface area contributed by atoms with Gasteiger partial charge in [0.25, 0.3) is 0 Å². The van der Waals surface area contributed by atoms with E-state index in [1.807, 2.05) is 12.1 Å². The van der Waals surface area contributed by atoms with Crippen LogP contribution < -0.4 is 5.32 Å². The molecule has 3 rings (SSSR count). The van der Waals surface area contributed by atoms with Crippen LogP contribution in [-0.4, -0.2) is 17.4 Å². The number of hydrogen-bond acceptors (Lipinski definition) is 2. The predicted octanol–water partition coefficient (Wildman–Crippen LogP) is 4.11. The van der Waals surface area contributed by atoms with E-state index in [9.17, 15) is 4.79 Å². The van der Waals surface area contributed by atoms with Crippen LogP contribution in [-0.2, 0) is 10.2 Å². The van der Waals surface area contributed by atoms with E-state index in [1.165, 1.54) is 24.8 Å². The van der Waals surface area contributed by atoms with Gasteiger partial charge >= 0.3 is 0 Å². The van der Waals surface area contributed by atoms with Gasteiger partial charge in [-0.2, -0.15) is 0 Å². The summed E-state index contributed by atoms with van der Waals surface area (Å²) in [6.07, 6.45) is 12.9. The summed E-state index contributed by atoms with van der Waals surface area (Å²) in [5.74, 6) is -0.0419. The standard InChI is InChI=1S/C21H24N2O/c24-20(12-11-18-8-7-15-22-16-18)23-17-21(13-5-2-6-14-21)19-9-3-1-4-10-19/h1,3-4,7-12,15-16H,2,5-6,13-14,17H2,(H,23,24)/b12-11-. The molecule has 1 amide bonds. The van der Waals surface area contributed by atoms with Crippen LogP contribution in [0.15, 0.2) is 60.9 Å². The number of benzene rings is 1. The van der Waals surface area contributed by atoms with Crippen molar-refractivity contribution < 1.29 is 4.79 Å². The zero-order chi connectivity index (χ0) is 16.7. The van der Waals surface area contributed by atoms with Crippen LogP contribution in [0.5, 0.6) is 0 Å². The van der Waals surface area contributed by atoms with Crippen LogP contribution >= 0.6 is 0 Å². The molecule has 3 heteroatoms. The van der Waals surface area contributed by atoms with Gasteiger partial charge in [0.2, 0.25) is 5.91 Å². The van der Waals surface area contributed by atoms with E-state index in [-0.39, 0.29) is 11.3 Å². The fourth-order valence-electron chi connectivity index (χ4n) is 3.55. The normalized spacial score (nSPS) is 16.8. The molecule has 1 aliphatic rings. The molecule has 2 aromatic rings. The van der Waals surface area contributed by atoms with Crippen molar-refractivity contribution >= 4 is 12.0 Å². The molecule has 0 spiro atoms. The van der Waals surface area contributed by atoms with E-state index in [4.69, 9.17) is 0 Å². The first-order valence-electron chi connectivity index (χ1n) is 8.70. The number of amides is 1. The molecule has 0 atom stereocenters. The van der Waals surface area contributed by atoms with Crippen LogP contribution in [0, 0.1) is 0 Å². The van der Waals surface area contributed by atoms with Crippen molar-refractivity contribution in [2.75, 3.05) is 6.54 Å². The third kappa shape index (κ3) is 4.10. The Bertz CT molecular complexity index is 673. The molecular weight excluding hydrogens is 296 g/mol. The average molecular weight is 320 g/mol. The van der Waals surface area contributed by atoms with Crippen molar-refractivity contribution in [1.29, 1.82) is 0 Å². The third-order valence-electron chi connectivity index (χ3n) is 4.91. The number of rotatable bonds is 5. The number of nitrogens with one attached hydrogen (secondary N) is 1. The smallest absolute Gasteiger partial charge is 0.244 e. The quantitative estimate of drug-likeness (QED) is 0.842. The number of hydrogen-bond donors (Lipinski definition) is 1. The molecule has 1 aromatic carbocycles. The maximum absolute atomic E-state index is 12.2. The number of pyridine rings is 1. The summed E-state index contributed by atoms with van der Waals surface area (Å²) < 4.78 is 0.